The summed E-state index contributed by atoms with van der Waals surface area (Å²) in [6.45, 7) is 3.07. The highest BCUT2D eigenvalue weighted by molar-refractivity contribution is 6.21. The van der Waals surface area contributed by atoms with Crippen LogP contribution in [0.4, 0.5) is 0 Å². The maximum absolute atomic E-state index is 12.6. The third-order valence-electron chi connectivity index (χ3n) is 6.00. The number of hydrogen-bond donors (Lipinski definition) is 1. The van der Waals surface area contributed by atoms with Gasteiger partial charge in [-0.05, 0) is 43.5 Å². The van der Waals surface area contributed by atoms with Gasteiger partial charge in [-0.3, -0.25) is 24.1 Å². The lowest BCUT2D eigenvalue weighted by Crippen LogP contribution is -2.47. The molecule has 0 atom stereocenters. The van der Waals surface area contributed by atoms with Crippen molar-refractivity contribution in [3.63, 3.8) is 0 Å². The second-order valence-electron chi connectivity index (χ2n) is 8.00. The zero-order valence-corrected chi connectivity index (χ0v) is 17.5. The van der Waals surface area contributed by atoms with Crippen molar-refractivity contribution >= 4 is 23.6 Å². The third kappa shape index (κ3) is 4.21. The lowest BCUT2D eigenvalue weighted by Gasteiger charge is -2.32. The number of likely N-dealkylation sites (tertiary alicyclic amines) is 1. The van der Waals surface area contributed by atoms with Gasteiger partial charge in [0.2, 0.25) is 5.91 Å². The summed E-state index contributed by atoms with van der Waals surface area (Å²) in [5.74, 6) is -0.856. The first-order valence-electron chi connectivity index (χ1n) is 10.5. The number of piperidine rings is 1. The van der Waals surface area contributed by atoms with E-state index in [4.69, 9.17) is 0 Å². The standard InChI is InChI=1S/C24H25N3O4/c1-16-6-2-3-7-18(16)22(29)25-17-10-13-26(14-11-17)21(28)12-15-27-23(30)19-8-4-5-9-20(19)24(27)31/h2-9,17H,10-15H2,1H3,(H,25,29). The van der Waals surface area contributed by atoms with E-state index >= 15 is 0 Å². The summed E-state index contributed by atoms with van der Waals surface area (Å²) in [7, 11) is 0. The van der Waals surface area contributed by atoms with Crippen molar-refractivity contribution in [3.8, 4) is 0 Å². The molecule has 1 saturated heterocycles. The summed E-state index contributed by atoms with van der Waals surface area (Å²) in [6, 6.07) is 14.2. The number of carbonyl (C=O) groups is 4. The van der Waals surface area contributed by atoms with Gasteiger partial charge in [0.25, 0.3) is 17.7 Å². The average molecular weight is 419 g/mol. The van der Waals surface area contributed by atoms with E-state index in [1.807, 2.05) is 31.2 Å². The summed E-state index contributed by atoms with van der Waals surface area (Å²) in [5, 5.41) is 3.06. The Morgan fingerprint density at radius 3 is 2.13 bits per heavy atom. The van der Waals surface area contributed by atoms with Gasteiger partial charge in [-0.2, -0.15) is 0 Å². The number of hydrogen-bond acceptors (Lipinski definition) is 4. The molecule has 1 N–H and O–H groups in total. The van der Waals surface area contributed by atoms with Gasteiger partial charge in [-0.25, -0.2) is 0 Å². The summed E-state index contributed by atoms with van der Waals surface area (Å²) < 4.78 is 0. The number of aryl methyl sites for hydroxylation is 1. The summed E-state index contributed by atoms with van der Waals surface area (Å²) in [4.78, 5) is 52.9. The normalized spacial score (nSPS) is 16.4. The van der Waals surface area contributed by atoms with Crippen LogP contribution in [0.15, 0.2) is 48.5 Å². The second kappa shape index (κ2) is 8.71. The van der Waals surface area contributed by atoms with E-state index in [0.717, 1.165) is 10.5 Å². The molecule has 0 spiro atoms. The fourth-order valence-corrected chi connectivity index (χ4v) is 4.17. The van der Waals surface area contributed by atoms with E-state index in [0.29, 0.717) is 42.6 Å². The van der Waals surface area contributed by atoms with Crippen molar-refractivity contribution in [3.05, 3.63) is 70.8 Å². The molecule has 7 heteroatoms. The molecule has 2 aromatic carbocycles. The molecular weight excluding hydrogens is 394 g/mol. The lowest BCUT2D eigenvalue weighted by atomic mass is 10.0. The zero-order chi connectivity index (χ0) is 22.0. The Morgan fingerprint density at radius 2 is 1.52 bits per heavy atom. The molecule has 4 rings (SSSR count). The minimum absolute atomic E-state index is 0.0207. The Kier molecular flexibility index (Phi) is 5.84. The number of nitrogens with one attached hydrogen (secondary N) is 1. The van der Waals surface area contributed by atoms with E-state index in [1.54, 1.807) is 29.2 Å². The van der Waals surface area contributed by atoms with Crippen LogP contribution >= 0.6 is 0 Å². The lowest BCUT2D eigenvalue weighted by molar-refractivity contribution is -0.132. The smallest absolute Gasteiger partial charge is 0.261 e. The highest BCUT2D eigenvalue weighted by atomic mass is 16.2. The molecule has 1 fully saturated rings. The van der Waals surface area contributed by atoms with Crippen LogP contribution in [0.3, 0.4) is 0 Å². The van der Waals surface area contributed by atoms with Gasteiger partial charge in [0.05, 0.1) is 11.1 Å². The van der Waals surface area contributed by atoms with Crippen molar-refractivity contribution in [1.82, 2.24) is 15.1 Å². The highest BCUT2D eigenvalue weighted by Crippen LogP contribution is 2.23. The second-order valence-corrected chi connectivity index (χ2v) is 8.00. The SMILES string of the molecule is Cc1ccccc1C(=O)NC1CCN(C(=O)CCN2C(=O)c3ccccc3C2=O)CC1. The van der Waals surface area contributed by atoms with Crippen molar-refractivity contribution in [1.29, 1.82) is 0 Å². The van der Waals surface area contributed by atoms with E-state index in [9.17, 15) is 19.2 Å². The molecule has 7 nitrogen and oxygen atoms in total. The van der Waals surface area contributed by atoms with Crippen molar-refractivity contribution in [2.45, 2.75) is 32.2 Å². The minimum atomic E-state index is -0.342. The number of carbonyl (C=O) groups excluding carboxylic acids is 4. The maximum Gasteiger partial charge on any atom is 0.261 e. The van der Waals surface area contributed by atoms with Crippen LogP contribution in [0.2, 0.25) is 0 Å². The number of benzene rings is 2. The van der Waals surface area contributed by atoms with Gasteiger partial charge in [0.15, 0.2) is 0 Å². The van der Waals surface area contributed by atoms with Gasteiger partial charge in [-0.15, -0.1) is 0 Å². The molecular formula is C24H25N3O4. The fraction of sp³-hybridized carbons (Fsp3) is 0.333. The summed E-state index contributed by atoms with van der Waals surface area (Å²) in [6.07, 6.45) is 1.46. The zero-order valence-electron chi connectivity index (χ0n) is 17.5. The van der Waals surface area contributed by atoms with Crippen LogP contribution in [0.25, 0.3) is 0 Å². The van der Waals surface area contributed by atoms with E-state index in [1.165, 1.54) is 0 Å². The monoisotopic (exact) mass is 419 g/mol. The van der Waals surface area contributed by atoms with Gasteiger partial charge in [0.1, 0.15) is 0 Å². The molecule has 2 aromatic rings. The molecule has 2 heterocycles. The Bertz CT molecular complexity index is 1010. The molecule has 0 aromatic heterocycles. The highest BCUT2D eigenvalue weighted by Gasteiger charge is 2.35. The first kappa shape index (κ1) is 20.8. The van der Waals surface area contributed by atoms with Crippen molar-refractivity contribution < 1.29 is 19.2 Å². The van der Waals surface area contributed by atoms with Crippen LogP contribution in [-0.4, -0.2) is 59.1 Å². The predicted octanol–water partition coefficient (Wildman–Crippen LogP) is 2.40. The molecule has 2 aliphatic heterocycles. The molecule has 0 radical (unpaired) electrons. The fourth-order valence-electron chi connectivity index (χ4n) is 4.17. The van der Waals surface area contributed by atoms with Crippen molar-refractivity contribution in [2.24, 2.45) is 0 Å². The van der Waals surface area contributed by atoms with Crippen molar-refractivity contribution in [2.75, 3.05) is 19.6 Å². The van der Waals surface area contributed by atoms with Gasteiger partial charge >= 0.3 is 0 Å². The largest absolute Gasteiger partial charge is 0.349 e. The van der Waals surface area contributed by atoms with Crippen LogP contribution in [0.5, 0.6) is 0 Å². The van der Waals surface area contributed by atoms with Crippen LogP contribution in [0, 0.1) is 6.92 Å². The number of amides is 4. The molecule has 4 amide bonds. The third-order valence-corrected chi connectivity index (χ3v) is 6.00. The Hall–Kier alpha value is -3.48. The quantitative estimate of drug-likeness (QED) is 0.754. The molecule has 2 aliphatic rings. The number of rotatable bonds is 5. The Morgan fingerprint density at radius 1 is 0.935 bits per heavy atom. The average Bonchev–Trinajstić information content (AvgIpc) is 3.03. The topological polar surface area (TPSA) is 86.8 Å². The van der Waals surface area contributed by atoms with Crippen LogP contribution in [-0.2, 0) is 4.79 Å². The molecule has 0 bridgehead atoms. The number of imide groups is 1. The van der Waals surface area contributed by atoms with Gasteiger partial charge in [0, 0.05) is 37.7 Å². The first-order valence-corrected chi connectivity index (χ1v) is 10.5. The van der Waals surface area contributed by atoms with Crippen LogP contribution in [0.1, 0.15) is 55.9 Å². The van der Waals surface area contributed by atoms with Gasteiger partial charge < -0.3 is 10.2 Å². The summed E-state index contributed by atoms with van der Waals surface area (Å²) in [5.41, 5.74) is 2.39. The van der Waals surface area contributed by atoms with Crippen LogP contribution < -0.4 is 5.32 Å². The molecule has 31 heavy (non-hydrogen) atoms. The Balaban J connectivity index is 1.26. The molecule has 0 saturated carbocycles. The van der Waals surface area contributed by atoms with Gasteiger partial charge in [-0.1, -0.05) is 30.3 Å². The molecule has 160 valence electrons. The summed E-state index contributed by atoms with van der Waals surface area (Å²) >= 11 is 0. The van der Waals surface area contributed by atoms with E-state index < -0.39 is 0 Å². The maximum atomic E-state index is 12.6. The molecule has 0 unspecified atom stereocenters. The molecule has 0 aliphatic carbocycles. The number of fused-ring (bicyclic) bond motifs is 1. The number of nitrogens with zero attached hydrogens (tertiary/aromatic N) is 2. The predicted molar refractivity (Wildman–Crippen MR) is 115 cm³/mol. The first-order chi connectivity index (χ1) is 15.0. The van der Waals surface area contributed by atoms with E-state index in [2.05, 4.69) is 5.32 Å². The Labute approximate surface area is 181 Å². The van der Waals surface area contributed by atoms with E-state index in [-0.39, 0.29) is 42.6 Å². The minimum Gasteiger partial charge on any atom is -0.349 e.